The molecule has 1 heterocycles. The van der Waals surface area contributed by atoms with E-state index in [9.17, 15) is 13.2 Å². The second-order valence-corrected chi connectivity index (χ2v) is 4.95. The average Bonchev–Trinajstić information content (AvgIpc) is 2.50. The van der Waals surface area contributed by atoms with Crippen molar-refractivity contribution >= 4 is 23.2 Å². The van der Waals surface area contributed by atoms with Crippen molar-refractivity contribution in [3.05, 3.63) is 29.5 Å². The van der Waals surface area contributed by atoms with Crippen molar-refractivity contribution in [1.82, 2.24) is 15.0 Å². The first-order chi connectivity index (χ1) is 11.4. The van der Waals surface area contributed by atoms with Gasteiger partial charge in [-0.3, -0.25) is 0 Å². The highest BCUT2D eigenvalue weighted by Crippen LogP contribution is 2.22. The lowest BCUT2D eigenvalue weighted by atomic mass is 10.3. The third-order valence-electron chi connectivity index (χ3n) is 2.52. The maximum absolute atomic E-state index is 12.2. The minimum absolute atomic E-state index is 0.0418. The van der Waals surface area contributed by atoms with E-state index >= 15 is 0 Å². The Hall–Kier alpha value is -2.29. The first-order valence-corrected chi connectivity index (χ1v) is 7.34. The highest BCUT2D eigenvalue weighted by Gasteiger charge is 2.29. The van der Waals surface area contributed by atoms with Crippen LogP contribution in [-0.2, 0) is 0 Å². The molecule has 24 heavy (non-hydrogen) atoms. The number of rotatable bonds is 7. The molecule has 0 atom stereocenters. The molecule has 2 rings (SSSR count). The molecule has 0 amide bonds. The van der Waals surface area contributed by atoms with Gasteiger partial charge in [-0.05, 0) is 30.2 Å². The fraction of sp³-hybridized carbons (Fsp3) is 0.357. The first-order valence-electron chi connectivity index (χ1n) is 6.97. The summed E-state index contributed by atoms with van der Waals surface area (Å²) >= 11 is 5.68. The van der Waals surface area contributed by atoms with Crippen molar-refractivity contribution in [2.24, 2.45) is 0 Å². The molecule has 0 bridgehead atoms. The van der Waals surface area contributed by atoms with E-state index in [4.69, 9.17) is 16.3 Å². The van der Waals surface area contributed by atoms with Gasteiger partial charge in [0, 0.05) is 11.8 Å². The Morgan fingerprint density at radius 1 is 1.17 bits per heavy atom. The van der Waals surface area contributed by atoms with E-state index in [2.05, 4.69) is 25.0 Å². The topological polar surface area (TPSA) is 69.2 Å². The second kappa shape index (κ2) is 8.00. The van der Waals surface area contributed by atoms with Crippen LogP contribution in [0.25, 0.3) is 0 Å². The van der Waals surface area contributed by atoms with Gasteiger partial charge in [-0.15, -0.1) is 0 Å². The fourth-order valence-electron chi connectivity index (χ4n) is 1.61. The molecular formula is C14H14ClF3N4O2. The van der Waals surface area contributed by atoms with Gasteiger partial charge in [0.05, 0.1) is 6.61 Å². The highest BCUT2D eigenvalue weighted by molar-refractivity contribution is 6.28. The Morgan fingerprint density at radius 3 is 2.67 bits per heavy atom. The van der Waals surface area contributed by atoms with Crippen LogP contribution >= 0.6 is 11.6 Å². The zero-order valence-electron chi connectivity index (χ0n) is 12.6. The molecule has 0 aliphatic carbocycles. The number of hydrogen-bond donors (Lipinski definition) is 1. The van der Waals surface area contributed by atoms with Crippen molar-refractivity contribution in [3.63, 3.8) is 0 Å². The van der Waals surface area contributed by atoms with Crippen LogP contribution in [0, 0.1) is 0 Å². The zero-order valence-corrected chi connectivity index (χ0v) is 13.4. The number of aromatic nitrogens is 3. The van der Waals surface area contributed by atoms with Gasteiger partial charge in [0.2, 0.25) is 11.2 Å². The molecule has 1 aromatic heterocycles. The van der Waals surface area contributed by atoms with E-state index < -0.39 is 18.8 Å². The van der Waals surface area contributed by atoms with Crippen molar-refractivity contribution in [1.29, 1.82) is 0 Å². The van der Waals surface area contributed by atoms with Gasteiger partial charge in [-0.25, -0.2) is 0 Å². The molecule has 0 radical (unpaired) electrons. The average molecular weight is 363 g/mol. The van der Waals surface area contributed by atoms with Crippen LogP contribution in [0.4, 0.5) is 24.8 Å². The number of halogens is 4. The van der Waals surface area contributed by atoms with Crippen LogP contribution in [0.3, 0.4) is 0 Å². The summed E-state index contributed by atoms with van der Waals surface area (Å²) in [7, 11) is 0. The van der Waals surface area contributed by atoms with Gasteiger partial charge in [0.25, 0.3) is 0 Å². The van der Waals surface area contributed by atoms with Crippen LogP contribution in [0.5, 0.6) is 11.8 Å². The minimum Gasteiger partial charge on any atom is -0.494 e. The predicted octanol–water partition coefficient (Wildman–Crippen LogP) is 4.00. The van der Waals surface area contributed by atoms with Gasteiger partial charge in [0.1, 0.15) is 5.75 Å². The molecule has 130 valence electrons. The Kier molecular flexibility index (Phi) is 6.02. The number of nitrogens with one attached hydrogen (secondary N) is 1. The molecule has 6 nitrogen and oxygen atoms in total. The Labute approximate surface area is 141 Å². The minimum atomic E-state index is -4.50. The molecule has 2 aromatic rings. The Bertz CT molecular complexity index is 685. The second-order valence-electron chi connectivity index (χ2n) is 4.62. The zero-order chi connectivity index (χ0) is 17.6. The van der Waals surface area contributed by atoms with Crippen molar-refractivity contribution in [3.8, 4) is 11.8 Å². The summed E-state index contributed by atoms with van der Waals surface area (Å²) < 4.78 is 46.5. The number of ether oxygens (including phenoxy) is 2. The number of nitrogens with zero attached hydrogens (tertiary/aromatic N) is 3. The van der Waals surface area contributed by atoms with Crippen LogP contribution in [0.1, 0.15) is 13.3 Å². The van der Waals surface area contributed by atoms with E-state index in [0.717, 1.165) is 6.42 Å². The van der Waals surface area contributed by atoms with Crippen molar-refractivity contribution in [2.45, 2.75) is 19.5 Å². The summed E-state index contributed by atoms with van der Waals surface area (Å²) in [6.07, 6.45) is -3.64. The van der Waals surface area contributed by atoms with Crippen molar-refractivity contribution < 1.29 is 22.6 Å². The van der Waals surface area contributed by atoms with E-state index in [0.29, 0.717) is 18.0 Å². The van der Waals surface area contributed by atoms with Crippen LogP contribution in [0.2, 0.25) is 5.28 Å². The number of benzene rings is 1. The summed E-state index contributed by atoms with van der Waals surface area (Å²) in [6.45, 7) is 1.03. The first kappa shape index (κ1) is 18.1. The number of hydrogen-bond acceptors (Lipinski definition) is 6. The smallest absolute Gasteiger partial charge is 0.422 e. The van der Waals surface area contributed by atoms with Gasteiger partial charge < -0.3 is 14.8 Å². The van der Waals surface area contributed by atoms with Crippen LogP contribution in [-0.4, -0.2) is 34.3 Å². The summed E-state index contributed by atoms with van der Waals surface area (Å²) in [4.78, 5) is 11.0. The molecular weight excluding hydrogens is 349 g/mol. The molecule has 0 aliphatic rings. The number of anilines is 2. The molecule has 1 N–H and O–H groups in total. The molecule has 0 saturated carbocycles. The third kappa shape index (κ3) is 6.07. The van der Waals surface area contributed by atoms with E-state index in [1.54, 1.807) is 24.3 Å². The predicted molar refractivity (Wildman–Crippen MR) is 81.9 cm³/mol. The summed E-state index contributed by atoms with van der Waals surface area (Å²) in [5.74, 6) is 0.593. The molecule has 0 unspecified atom stereocenters. The Balaban J connectivity index is 2.10. The van der Waals surface area contributed by atoms with E-state index in [1.807, 2.05) is 6.92 Å². The van der Waals surface area contributed by atoms with E-state index in [-0.39, 0.29) is 11.2 Å². The fourth-order valence-corrected chi connectivity index (χ4v) is 1.76. The third-order valence-corrected chi connectivity index (χ3v) is 2.68. The van der Waals surface area contributed by atoms with Crippen LogP contribution < -0.4 is 14.8 Å². The quantitative estimate of drug-likeness (QED) is 0.803. The maximum atomic E-state index is 12.2. The van der Waals surface area contributed by atoms with Gasteiger partial charge in [0.15, 0.2) is 6.61 Å². The summed E-state index contributed by atoms with van der Waals surface area (Å²) in [5.41, 5.74) is 0.577. The molecule has 10 heteroatoms. The van der Waals surface area contributed by atoms with Crippen molar-refractivity contribution in [2.75, 3.05) is 18.5 Å². The van der Waals surface area contributed by atoms with Gasteiger partial charge in [-0.2, -0.15) is 28.1 Å². The standard InChI is InChI=1S/C14H14ClF3N4O2/c1-2-6-23-10-5-3-4-9(7-10)19-12-20-11(15)21-13(22-12)24-8-14(16,17)18/h3-5,7H,2,6,8H2,1H3,(H,19,20,21,22). The molecule has 0 fully saturated rings. The number of alkyl halides is 3. The summed E-state index contributed by atoms with van der Waals surface area (Å²) in [5, 5.41) is 2.52. The lowest BCUT2D eigenvalue weighted by molar-refractivity contribution is -0.154. The monoisotopic (exact) mass is 362 g/mol. The lowest BCUT2D eigenvalue weighted by Crippen LogP contribution is -2.20. The van der Waals surface area contributed by atoms with Crippen LogP contribution in [0.15, 0.2) is 24.3 Å². The largest absolute Gasteiger partial charge is 0.494 e. The SMILES string of the molecule is CCCOc1cccc(Nc2nc(Cl)nc(OCC(F)(F)F)n2)c1. The Morgan fingerprint density at radius 2 is 1.96 bits per heavy atom. The lowest BCUT2D eigenvalue weighted by Gasteiger charge is -2.10. The molecule has 0 saturated heterocycles. The van der Waals surface area contributed by atoms with Gasteiger partial charge >= 0.3 is 12.2 Å². The maximum Gasteiger partial charge on any atom is 0.422 e. The van der Waals surface area contributed by atoms with E-state index in [1.165, 1.54) is 0 Å². The molecule has 0 spiro atoms. The normalized spacial score (nSPS) is 11.2. The summed E-state index contributed by atoms with van der Waals surface area (Å²) in [6, 6.07) is 6.42. The molecule has 1 aromatic carbocycles. The van der Waals surface area contributed by atoms with Gasteiger partial charge in [-0.1, -0.05) is 13.0 Å². The molecule has 0 aliphatic heterocycles. The highest BCUT2D eigenvalue weighted by atomic mass is 35.5.